The summed E-state index contributed by atoms with van der Waals surface area (Å²) in [7, 11) is 3.71. The van der Waals surface area contributed by atoms with Crippen molar-refractivity contribution in [3.05, 3.63) is 35.1 Å². The summed E-state index contributed by atoms with van der Waals surface area (Å²) in [6.45, 7) is 2.79. The Morgan fingerprint density at radius 1 is 1.29 bits per heavy atom. The molecule has 4 heteroatoms. The van der Waals surface area contributed by atoms with E-state index in [9.17, 15) is 4.39 Å². The molecule has 0 saturated heterocycles. The molecule has 0 aromatic heterocycles. The van der Waals surface area contributed by atoms with Crippen molar-refractivity contribution in [2.24, 2.45) is 5.73 Å². The molecular weight excluding hydrogens is 219 g/mol. The molecule has 0 aliphatic carbocycles. The Morgan fingerprint density at radius 3 is 2.65 bits per heavy atom. The molecule has 0 fully saturated rings. The van der Waals surface area contributed by atoms with Crippen molar-refractivity contribution >= 4 is 0 Å². The van der Waals surface area contributed by atoms with E-state index in [2.05, 4.69) is 4.90 Å². The minimum atomic E-state index is -0.215. The molecule has 0 amide bonds. The van der Waals surface area contributed by atoms with E-state index < -0.39 is 0 Å². The van der Waals surface area contributed by atoms with Crippen LogP contribution in [0.1, 0.15) is 17.5 Å². The Balaban J connectivity index is 2.52. The fraction of sp³-hybridized carbons (Fsp3) is 0.538. The van der Waals surface area contributed by atoms with Gasteiger partial charge in [-0.05, 0) is 36.7 Å². The third-order valence-corrected chi connectivity index (χ3v) is 2.59. The summed E-state index contributed by atoms with van der Waals surface area (Å²) in [6.07, 6.45) is 0.978. The Bertz CT molecular complexity index is 344. The Morgan fingerprint density at radius 2 is 2.00 bits per heavy atom. The summed E-state index contributed by atoms with van der Waals surface area (Å²) < 4.78 is 18.3. The van der Waals surface area contributed by atoms with E-state index in [-0.39, 0.29) is 5.82 Å². The van der Waals surface area contributed by atoms with Crippen LogP contribution >= 0.6 is 0 Å². The first-order valence-electron chi connectivity index (χ1n) is 5.81. The van der Waals surface area contributed by atoms with Crippen LogP contribution in [0.2, 0.25) is 0 Å². The molecule has 0 radical (unpaired) electrons. The topological polar surface area (TPSA) is 38.5 Å². The number of nitrogens with zero attached hydrogens (tertiary/aromatic N) is 1. The number of halogens is 1. The molecule has 96 valence electrons. The largest absolute Gasteiger partial charge is 0.385 e. The molecule has 1 aromatic rings. The number of methoxy groups -OCH3 is 1. The monoisotopic (exact) mass is 240 g/mol. The van der Waals surface area contributed by atoms with E-state index in [4.69, 9.17) is 10.5 Å². The van der Waals surface area contributed by atoms with Crippen molar-refractivity contribution < 1.29 is 9.13 Å². The molecular formula is C13H21FN2O. The third-order valence-electron chi connectivity index (χ3n) is 2.59. The van der Waals surface area contributed by atoms with E-state index in [0.717, 1.165) is 37.2 Å². The average Bonchev–Trinajstić information content (AvgIpc) is 2.28. The lowest BCUT2D eigenvalue weighted by molar-refractivity contribution is 0.178. The number of rotatable bonds is 7. The zero-order chi connectivity index (χ0) is 12.7. The van der Waals surface area contributed by atoms with Gasteiger partial charge in [-0.2, -0.15) is 0 Å². The van der Waals surface area contributed by atoms with Crippen molar-refractivity contribution in [1.29, 1.82) is 0 Å². The summed E-state index contributed by atoms with van der Waals surface area (Å²) in [6, 6.07) is 5.00. The van der Waals surface area contributed by atoms with Gasteiger partial charge in [0.2, 0.25) is 0 Å². The highest BCUT2D eigenvalue weighted by Gasteiger charge is 2.03. The number of benzene rings is 1. The molecule has 1 aromatic carbocycles. The number of hydrogen-bond donors (Lipinski definition) is 1. The van der Waals surface area contributed by atoms with Crippen molar-refractivity contribution in [1.82, 2.24) is 4.90 Å². The molecule has 17 heavy (non-hydrogen) atoms. The maximum Gasteiger partial charge on any atom is 0.123 e. The first-order valence-corrected chi connectivity index (χ1v) is 5.81. The van der Waals surface area contributed by atoms with Crippen LogP contribution in [0.3, 0.4) is 0 Å². The molecule has 0 unspecified atom stereocenters. The zero-order valence-electron chi connectivity index (χ0n) is 10.6. The van der Waals surface area contributed by atoms with Gasteiger partial charge in [-0.15, -0.1) is 0 Å². The molecule has 0 bridgehead atoms. The lowest BCUT2D eigenvalue weighted by Crippen LogP contribution is -2.20. The van der Waals surface area contributed by atoms with E-state index in [1.807, 2.05) is 13.1 Å². The summed E-state index contributed by atoms with van der Waals surface area (Å²) in [5.41, 5.74) is 7.32. The minimum Gasteiger partial charge on any atom is -0.385 e. The first-order chi connectivity index (χ1) is 8.15. The Hall–Kier alpha value is -0.970. The molecule has 2 N–H and O–H groups in total. The highest BCUT2D eigenvalue weighted by Crippen LogP contribution is 2.11. The maximum atomic E-state index is 13.3. The number of ether oxygens (including phenoxy) is 1. The summed E-state index contributed by atoms with van der Waals surface area (Å²) in [5.74, 6) is -0.215. The molecule has 0 aliphatic heterocycles. The summed E-state index contributed by atoms with van der Waals surface area (Å²) in [5, 5.41) is 0. The molecule has 3 nitrogen and oxygen atoms in total. The van der Waals surface area contributed by atoms with Gasteiger partial charge in [0.15, 0.2) is 0 Å². The molecule has 0 spiro atoms. The van der Waals surface area contributed by atoms with E-state index in [1.165, 1.54) is 6.07 Å². The molecule has 0 heterocycles. The quantitative estimate of drug-likeness (QED) is 0.738. The summed E-state index contributed by atoms with van der Waals surface area (Å²) >= 11 is 0. The van der Waals surface area contributed by atoms with Gasteiger partial charge in [0.1, 0.15) is 5.82 Å². The predicted octanol–water partition coefficient (Wildman–Crippen LogP) is 1.75. The fourth-order valence-corrected chi connectivity index (χ4v) is 1.80. The van der Waals surface area contributed by atoms with E-state index in [1.54, 1.807) is 13.2 Å². The van der Waals surface area contributed by atoms with Crippen LogP contribution in [0, 0.1) is 5.82 Å². The van der Waals surface area contributed by atoms with Crippen molar-refractivity contribution in [2.75, 3.05) is 27.3 Å². The fourth-order valence-electron chi connectivity index (χ4n) is 1.80. The minimum absolute atomic E-state index is 0.215. The van der Waals surface area contributed by atoms with Gasteiger partial charge < -0.3 is 15.4 Å². The standard InChI is InChI=1S/C13H21FN2O/c1-16(4-3-5-17-2)10-12-6-11(9-15)7-13(14)8-12/h6-8H,3-5,9-10,15H2,1-2H3. The Kier molecular flexibility index (Phi) is 6.11. The van der Waals surface area contributed by atoms with Crippen LogP contribution in [0.4, 0.5) is 4.39 Å². The van der Waals surface area contributed by atoms with Gasteiger partial charge in [-0.25, -0.2) is 4.39 Å². The second kappa shape index (κ2) is 7.37. The van der Waals surface area contributed by atoms with Crippen LogP contribution < -0.4 is 5.73 Å². The highest BCUT2D eigenvalue weighted by molar-refractivity contribution is 5.24. The van der Waals surface area contributed by atoms with Gasteiger partial charge >= 0.3 is 0 Å². The SMILES string of the molecule is COCCCN(C)Cc1cc(F)cc(CN)c1. The number of nitrogens with two attached hydrogens (primary N) is 1. The van der Waals surface area contributed by atoms with Crippen molar-refractivity contribution in [3.63, 3.8) is 0 Å². The van der Waals surface area contributed by atoms with E-state index >= 15 is 0 Å². The van der Waals surface area contributed by atoms with Gasteiger partial charge in [0, 0.05) is 33.4 Å². The van der Waals surface area contributed by atoms with Crippen LogP contribution in [0.15, 0.2) is 18.2 Å². The summed E-state index contributed by atoms with van der Waals surface area (Å²) in [4.78, 5) is 2.15. The maximum absolute atomic E-state index is 13.3. The van der Waals surface area contributed by atoms with Crippen LogP contribution in [0.5, 0.6) is 0 Å². The van der Waals surface area contributed by atoms with Crippen molar-refractivity contribution in [2.45, 2.75) is 19.5 Å². The lowest BCUT2D eigenvalue weighted by Gasteiger charge is -2.17. The van der Waals surface area contributed by atoms with Crippen LogP contribution in [-0.4, -0.2) is 32.2 Å². The molecule has 0 saturated carbocycles. The number of hydrogen-bond acceptors (Lipinski definition) is 3. The van der Waals surface area contributed by atoms with Crippen LogP contribution in [-0.2, 0) is 17.8 Å². The smallest absolute Gasteiger partial charge is 0.123 e. The van der Waals surface area contributed by atoms with E-state index in [0.29, 0.717) is 6.54 Å². The predicted molar refractivity (Wildman–Crippen MR) is 67.1 cm³/mol. The van der Waals surface area contributed by atoms with Gasteiger partial charge in [-0.1, -0.05) is 6.07 Å². The lowest BCUT2D eigenvalue weighted by atomic mass is 10.1. The van der Waals surface area contributed by atoms with Crippen LogP contribution in [0.25, 0.3) is 0 Å². The van der Waals surface area contributed by atoms with Gasteiger partial charge in [-0.3, -0.25) is 0 Å². The second-order valence-corrected chi connectivity index (χ2v) is 4.26. The zero-order valence-corrected chi connectivity index (χ0v) is 10.6. The van der Waals surface area contributed by atoms with Gasteiger partial charge in [0.25, 0.3) is 0 Å². The molecule has 0 atom stereocenters. The average molecular weight is 240 g/mol. The van der Waals surface area contributed by atoms with Gasteiger partial charge in [0.05, 0.1) is 0 Å². The highest BCUT2D eigenvalue weighted by atomic mass is 19.1. The Labute approximate surface area is 102 Å². The molecule has 1 rings (SSSR count). The molecule has 0 aliphatic rings. The first kappa shape index (κ1) is 14.1. The van der Waals surface area contributed by atoms with Crippen molar-refractivity contribution in [3.8, 4) is 0 Å². The normalized spacial score (nSPS) is 11.1. The second-order valence-electron chi connectivity index (χ2n) is 4.26. The third kappa shape index (κ3) is 5.26.